The maximum absolute atomic E-state index is 9.62. The average molecular weight is 243 g/mol. The number of benzene rings is 1. The van der Waals surface area contributed by atoms with Crippen LogP contribution in [-0.2, 0) is 13.0 Å². The van der Waals surface area contributed by atoms with E-state index in [2.05, 4.69) is 22.5 Å². The Kier molecular flexibility index (Phi) is 3.51. The first-order chi connectivity index (χ1) is 6.19. The lowest BCUT2D eigenvalue weighted by molar-refractivity contribution is 0.275. The van der Waals surface area contributed by atoms with Crippen molar-refractivity contribution < 1.29 is 10.2 Å². The zero-order chi connectivity index (χ0) is 9.84. The summed E-state index contributed by atoms with van der Waals surface area (Å²) in [5.74, 6) is 0.158. The van der Waals surface area contributed by atoms with E-state index in [4.69, 9.17) is 5.11 Å². The van der Waals surface area contributed by atoms with E-state index in [0.29, 0.717) is 12.0 Å². The van der Waals surface area contributed by atoms with E-state index < -0.39 is 0 Å². The number of hydrogen-bond acceptors (Lipinski definition) is 2. The fourth-order valence-corrected chi connectivity index (χ4v) is 1.70. The number of phenols is 1. The quantitative estimate of drug-likeness (QED) is 0.800. The van der Waals surface area contributed by atoms with Crippen molar-refractivity contribution in [2.24, 2.45) is 0 Å². The maximum Gasteiger partial charge on any atom is 0.124 e. The van der Waals surface area contributed by atoms with Crippen molar-refractivity contribution in [3.8, 4) is 5.75 Å². The molecule has 0 radical (unpaired) electrons. The minimum Gasteiger partial charge on any atom is -0.507 e. The van der Waals surface area contributed by atoms with Gasteiger partial charge in [0.05, 0.1) is 6.61 Å². The Labute approximate surface area is 85.7 Å². The summed E-state index contributed by atoms with van der Waals surface area (Å²) in [5, 5.41) is 18.5. The van der Waals surface area contributed by atoms with Crippen molar-refractivity contribution in [3.05, 3.63) is 40.4 Å². The third-order valence-electron chi connectivity index (χ3n) is 1.77. The molecule has 1 aromatic rings. The standard InChI is InChI=1S/C10H11BrO2/c1-2-3-7-4-9(11)5-8(6-12)10(7)13/h2,4-5,12-13H,1,3,6H2. The number of rotatable bonds is 3. The van der Waals surface area contributed by atoms with Gasteiger partial charge in [0.2, 0.25) is 0 Å². The fraction of sp³-hybridized carbons (Fsp3) is 0.200. The van der Waals surface area contributed by atoms with Gasteiger partial charge in [0, 0.05) is 10.0 Å². The molecule has 0 bridgehead atoms. The van der Waals surface area contributed by atoms with Gasteiger partial charge >= 0.3 is 0 Å². The van der Waals surface area contributed by atoms with Gasteiger partial charge in [-0.25, -0.2) is 0 Å². The van der Waals surface area contributed by atoms with Crippen LogP contribution < -0.4 is 0 Å². The minimum atomic E-state index is -0.157. The van der Waals surface area contributed by atoms with Gasteiger partial charge in [-0.2, -0.15) is 0 Å². The van der Waals surface area contributed by atoms with Gasteiger partial charge in [0.15, 0.2) is 0 Å². The highest BCUT2D eigenvalue weighted by Gasteiger charge is 2.06. The molecule has 0 fully saturated rings. The van der Waals surface area contributed by atoms with Crippen molar-refractivity contribution in [1.82, 2.24) is 0 Å². The smallest absolute Gasteiger partial charge is 0.124 e. The summed E-state index contributed by atoms with van der Waals surface area (Å²) in [6.07, 6.45) is 2.31. The second-order valence-electron chi connectivity index (χ2n) is 2.72. The molecule has 0 unspecified atom stereocenters. The fourth-order valence-electron chi connectivity index (χ4n) is 1.15. The first kappa shape index (κ1) is 10.3. The number of hydrogen-bond donors (Lipinski definition) is 2. The summed E-state index contributed by atoms with van der Waals surface area (Å²) in [5.41, 5.74) is 1.31. The van der Waals surface area contributed by atoms with E-state index in [9.17, 15) is 5.11 Å². The lowest BCUT2D eigenvalue weighted by Crippen LogP contribution is -1.90. The number of aliphatic hydroxyl groups excluding tert-OH is 1. The highest BCUT2D eigenvalue weighted by molar-refractivity contribution is 9.10. The van der Waals surface area contributed by atoms with Crippen LogP contribution in [-0.4, -0.2) is 10.2 Å². The minimum absolute atomic E-state index is 0.157. The molecule has 0 aliphatic rings. The van der Waals surface area contributed by atoms with E-state index in [1.807, 2.05) is 6.07 Å². The number of halogens is 1. The van der Waals surface area contributed by atoms with Gasteiger partial charge in [0.25, 0.3) is 0 Å². The highest BCUT2D eigenvalue weighted by atomic mass is 79.9. The van der Waals surface area contributed by atoms with Crippen LogP contribution in [0.1, 0.15) is 11.1 Å². The van der Waals surface area contributed by atoms with E-state index in [1.165, 1.54) is 0 Å². The molecule has 0 aromatic heterocycles. The van der Waals surface area contributed by atoms with Crippen molar-refractivity contribution in [2.75, 3.05) is 0 Å². The SMILES string of the molecule is C=CCc1cc(Br)cc(CO)c1O. The van der Waals surface area contributed by atoms with Crippen LogP contribution in [0.15, 0.2) is 29.3 Å². The van der Waals surface area contributed by atoms with E-state index in [-0.39, 0.29) is 12.4 Å². The van der Waals surface area contributed by atoms with Crippen LogP contribution >= 0.6 is 15.9 Å². The second kappa shape index (κ2) is 4.44. The first-order valence-corrected chi connectivity index (χ1v) is 4.70. The zero-order valence-corrected chi connectivity index (χ0v) is 8.71. The Balaban J connectivity index is 3.18. The molecule has 0 heterocycles. The number of aliphatic hydroxyl groups is 1. The molecule has 70 valence electrons. The van der Waals surface area contributed by atoms with Crippen molar-refractivity contribution >= 4 is 15.9 Å². The topological polar surface area (TPSA) is 40.5 Å². The van der Waals surface area contributed by atoms with Crippen molar-refractivity contribution in [3.63, 3.8) is 0 Å². The highest BCUT2D eigenvalue weighted by Crippen LogP contribution is 2.27. The molecule has 2 N–H and O–H groups in total. The van der Waals surface area contributed by atoms with E-state index >= 15 is 0 Å². The van der Waals surface area contributed by atoms with Gasteiger partial charge in [0.1, 0.15) is 5.75 Å². The van der Waals surface area contributed by atoms with Gasteiger partial charge in [-0.05, 0) is 24.1 Å². The Morgan fingerprint density at radius 1 is 1.38 bits per heavy atom. The monoisotopic (exact) mass is 242 g/mol. The third kappa shape index (κ3) is 2.32. The summed E-state index contributed by atoms with van der Waals surface area (Å²) in [6.45, 7) is 3.44. The Morgan fingerprint density at radius 3 is 2.54 bits per heavy atom. The molecule has 0 atom stereocenters. The molecule has 2 nitrogen and oxygen atoms in total. The van der Waals surface area contributed by atoms with Gasteiger partial charge in [-0.15, -0.1) is 6.58 Å². The molecular formula is C10H11BrO2. The largest absolute Gasteiger partial charge is 0.507 e. The van der Waals surface area contributed by atoms with Gasteiger partial charge in [-0.3, -0.25) is 0 Å². The summed E-state index contributed by atoms with van der Waals surface area (Å²) >= 11 is 3.30. The Bertz CT molecular complexity index is 321. The van der Waals surface area contributed by atoms with Crippen molar-refractivity contribution in [2.45, 2.75) is 13.0 Å². The van der Waals surface area contributed by atoms with E-state index in [1.54, 1.807) is 12.1 Å². The lowest BCUT2D eigenvalue weighted by atomic mass is 10.1. The van der Waals surface area contributed by atoms with Crippen LogP contribution in [0.4, 0.5) is 0 Å². The van der Waals surface area contributed by atoms with Gasteiger partial charge < -0.3 is 10.2 Å². The van der Waals surface area contributed by atoms with Crippen LogP contribution in [0.2, 0.25) is 0 Å². The summed E-state index contributed by atoms with van der Waals surface area (Å²) in [7, 11) is 0. The summed E-state index contributed by atoms with van der Waals surface area (Å²) in [4.78, 5) is 0. The average Bonchev–Trinajstić information content (AvgIpc) is 2.11. The summed E-state index contributed by atoms with van der Waals surface area (Å²) < 4.78 is 0.853. The molecule has 1 rings (SSSR count). The Morgan fingerprint density at radius 2 is 2.00 bits per heavy atom. The van der Waals surface area contributed by atoms with Crippen LogP contribution in [0.25, 0.3) is 0 Å². The predicted molar refractivity (Wildman–Crippen MR) is 55.6 cm³/mol. The molecule has 0 saturated carbocycles. The first-order valence-electron chi connectivity index (χ1n) is 3.91. The second-order valence-corrected chi connectivity index (χ2v) is 3.64. The lowest BCUT2D eigenvalue weighted by Gasteiger charge is -2.07. The molecule has 3 heteroatoms. The number of aromatic hydroxyl groups is 1. The molecule has 0 amide bonds. The molecule has 0 aliphatic carbocycles. The molecular weight excluding hydrogens is 232 g/mol. The van der Waals surface area contributed by atoms with Crippen LogP contribution in [0.5, 0.6) is 5.75 Å². The molecule has 0 aliphatic heterocycles. The molecule has 0 saturated heterocycles. The van der Waals surface area contributed by atoms with E-state index in [0.717, 1.165) is 10.0 Å². The van der Waals surface area contributed by atoms with Crippen LogP contribution in [0.3, 0.4) is 0 Å². The molecule has 0 spiro atoms. The number of allylic oxidation sites excluding steroid dienone is 1. The maximum atomic E-state index is 9.62. The third-order valence-corrected chi connectivity index (χ3v) is 2.22. The predicted octanol–water partition coefficient (Wildman–Crippen LogP) is 2.38. The normalized spacial score (nSPS) is 10.0. The Hall–Kier alpha value is -0.800. The van der Waals surface area contributed by atoms with Crippen LogP contribution in [0, 0.1) is 0 Å². The zero-order valence-electron chi connectivity index (χ0n) is 7.13. The molecule has 1 aromatic carbocycles. The van der Waals surface area contributed by atoms with Crippen molar-refractivity contribution in [1.29, 1.82) is 0 Å². The van der Waals surface area contributed by atoms with Gasteiger partial charge in [-0.1, -0.05) is 22.0 Å². The molecule has 13 heavy (non-hydrogen) atoms. The summed E-state index contributed by atoms with van der Waals surface area (Å²) in [6, 6.07) is 3.51.